The van der Waals surface area contributed by atoms with E-state index in [9.17, 15) is 9.59 Å². The summed E-state index contributed by atoms with van der Waals surface area (Å²) >= 11 is 7.43. The number of halogens is 1. The molecule has 1 aromatic carbocycles. The summed E-state index contributed by atoms with van der Waals surface area (Å²) in [6, 6.07) is 7.34. The average Bonchev–Trinajstić information content (AvgIpc) is 3.15. The molecule has 11 heteroatoms. The number of thiophene rings is 1. The highest BCUT2D eigenvalue weighted by Gasteiger charge is 2.26. The van der Waals surface area contributed by atoms with Crippen LogP contribution in [-0.2, 0) is 19.1 Å². The Balaban J connectivity index is 0.000000678. The summed E-state index contributed by atoms with van der Waals surface area (Å²) in [4.78, 5) is 46.9. The predicted octanol–water partition coefficient (Wildman–Crippen LogP) is 4.77. The highest BCUT2D eigenvalue weighted by atomic mass is 35.5. The lowest BCUT2D eigenvalue weighted by molar-refractivity contribution is -0.159. The number of carbonyl (C=O) groups is 4. The Labute approximate surface area is 219 Å². The first-order valence-electron chi connectivity index (χ1n) is 11.6. The molecule has 1 saturated heterocycles. The molecule has 0 radical (unpaired) electrons. The molecule has 2 heterocycles. The molecule has 1 aromatic heterocycles. The number of rotatable bonds is 7. The van der Waals surface area contributed by atoms with E-state index in [-0.39, 0.29) is 12.5 Å². The number of carbonyl (C=O) groups excluding carboxylic acids is 2. The van der Waals surface area contributed by atoms with Crippen molar-refractivity contribution in [3.8, 4) is 11.1 Å². The van der Waals surface area contributed by atoms with Gasteiger partial charge in [0.15, 0.2) is 0 Å². The van der Waals surface area contributed by atoms with Crippen molar-refractivity contribution in [2.24, 2.45) is 5.92 Å². The number of anilines is 1. The topological polar surface area (TPSA) is 133 Å². The normalized spacial score (nSPS) is 13.9. The molecule has 0 saturated carbocycles. The maximum Gasteiger partial charge on any atom is 0.414 e. The second kappa shape index (κ2) is 14.0. The van der Waals surface area contributed by atoms with Gasteiger partial charge in [0.05, 0.1) is 6.61 Å². The molecule has 1 aliphatic heterocycles. The van der Waals surface area contributed by atoms with Crippen LogP contribution in [-0.4, -0.2) is 65.2 Å². The second-order valence-electron chi connectivity index (χ2n) is 8.40. The van der Waals surface area contributed by atoms with Crippen molar-refractivity contribution >= 4 is 51.8 Å². The third-order valence-electron chi connectivity index (χ3n) is 5.66. The molecule has 0 unspecified atom stereocenters. The summed E-state index contributed by atoms with van der Waals surface area (Å²) in [5.41, 5.74) is 2.08. The van der Waals surface area contributed by atoms with E-state index < -0.39 is 17.9 Å². The van der Waals surface area contributed by atoms with Crippen molar-refractivity contribution < 1.29 is 34.1 Å². The molecule has 2 aromatic rings. The van der Waals surface area contributed by atoms with Gasteiger partial charge in [-0.25, -0.2) is 14.4 Å². The molecule has 1 amide bonds. The van der Waals surface area contributed by atoms with Crippen molar-refractivity contribution in [1.82, 2.24) is 4.90 Å². The number of hydrogen-bond donors (Lipinski definition) is 3. The fraction of sp³-hybridized carbons (Fsp3) is 0.440. The summed E-state index contributed by atoms with van der Waals surface area (Å²) < 4.78 is 5.30. The molecule has 36 heavy (non-hydrogen) atoms. The second-order valence-corrected chi connectivity index (χ2v) is 10.1. The number of benzene rings is 1. The van der Waals surface area contributed by atoms with Crippen LogP contribution in [0.25, 0.3) is 11.1 Å². The molecule has 3 N–H and O–H groups in total. The molecular formula is C25H31ClN2O7S. The van der Waals surface area contributed by atoms with Crippen LogP contribution in [0.1, 0.15) is 48.3 Å². The van der Waals surface area contributed by atoms with Gasteiger partial charge in [0.1, 0.15) is 10.6 Å². The lowest BCUT2D eigenvalue weighted by Gasteiger charge is -2.29. The Hall–Kier alpha value is -2.95. The third-order valence-corrected chi connectivity index (χ3v) is 6.94. The monoisotopic (exact) mass is 538 g/mol. The van der Waals surface area contributed by atoms with E-state index in [1.807, 2.05) is 19.1 Å². The summed E-state index contributed by atoms with van der Waals surface area (Å²) in [5, 5.41) is 18.9. The van der Waals surface area contributed by atoms with E-state index in [1.54, 1.807) is 19.1 Å². The minimum atomic E-state index is -1.82. The SMILES string of the molecule is CCOC(=O)c1c(NC(=O)CCN2CCC(C)CC2)sc(C)c1-c1ccc(Cl)cc1.O=C(O)C(=O)O. The van der Waals surface area contributed by atoms with Gasteiger partial charge in [-0.05, 0) is 63.4 Å². The highest BCUT2D eigenvalue weighted by Crippen LogP contribution is 2.40. The zero-order valence-corrected chi connectivity index (χ0v) is 22.1. The van der Waals surface area contributed by atoms with Crippen LogP contribution in [0.4, 0.5) is 5.00 Å². The molecule has 196 valence electrons. The van der Waals surface area contributed by atoms with Gasteiger partial charge < -0.3 is 25.2 Å². The van der Waals surface area contributed by atoms with Crippen LogP contribution in [0.5, 0.6) is 0 Å². The fourth-order valence-corrected chi connectivity index (χ4v) is 4.94. The first kappa shape index (κ1) is 29.3. The standard InChI is InChI=1S/C23H29ClN2O3S.C2H2O4/c1-4-29-23(28)21-20(17-5-7-18(24)8-6-17)16(3)30-22(21)25-19(27)11-14-26-12-9-15(2)10-13-26;3-1(4)2(5)6/h5-8,15H,4,9-14H2,1-3H3,(H,25,27);(H,3,4)(H,5,6). The van der Waals surface area contributed by atoms with Crippen molar-refractivity contribution in [1.29, 1.82) is 0 Å². The van der Waals surface area contributed by atoms with E-state index >= 15 is 0 Å². The smallest absolute Gasteiger partial charge is 0.414 e. The molecule has 9 nitrogen and oxygen atoms in total. The Morgan fingerprint density at radius 1 is 1.11 bits per heavy atom. The van der Waals surface area contributed by atoms with Gasteiger partial charge in [-0.15, -0.1) is 11.3 Å². The zero-order chi connectivity index (χ0) is 26.8. The minimum absolute atomic E-state index is 0.0805. The van der Waals surface area contributed by atoms with Crippen molar-refractivity contribution in [2.45, 2.75) is 40.0 Å². The Kier molecular flexibility index (Phi) is 11.4. The summed E-state index contributed by atoms with van der Waals surface area (Å²) in [7, 11) is 0. The van der Waals surface area contributed by atoms with E-state index in [2.05, 4.69) is 17.1 Å². The Morgan fingerprint density at radius 2 is 1.69 bits per heavy atom. The molecule has 1 aliphatic rings. The third kappa shape index (κ3) is 8.61. The number of esters is 1. The first-order valence-corrected chi connectivity index (χ1v) is 12.8. The number of aryl methyl sites for hydroxylation is 1. The lowest BCUT2D eigenvalue weighted by atomic mass is 9.99. The summed E-state index contributed by atoms with van der Waals surface area (Å²) in [6.45, 7) is 9.09. The van der Waals surface area contributed by atoms with Gasteiger partial charge >= 0.3 is 17.9 Å². The van der Waals surface area contributed by atoms with Gasteiger partial charge in [-0.3, -0.25) is 4.79 Å². The molecule has 0 bridgehead atoms. The van der Waals surface area contributed by atoms with Crippen molar-refractivity contribution in [3.63, 3.8) is 0 Å². The van der Waals surface area contributed by atoms with Crippen LogP contribution in [0.15, 0.2) is 24.3 Å². The van der Waals surface area contributed by atoms with Gasteiger partial charge in [-0.2, -0.15) is 0 Å². The lowest BCUT2D eigenvalue weighted by Crippen LogP contribution is -2.35. The van der Waals surface area contributed by atoms with Crippen molar-refractivity contribution in [2.75, 3.05) is 31.6 Å². The number of aliphatic carboxylic acids is 2. The van der Waals surface area contributed by atoms with E-state index in [0.29, 0.717) is 22.0 Å². The first-order chi connectivity index (χ1) is 17.0. The van der Waals surface area contributed by atoms with Crippen LogP contribution in [0, 0.1) is 12.8 Å². The molecular weight excluding hydrogens is 508 g/mol. The van der Waals surface area contributed by atoms with Gasteiger partial charge in [0.25, 0.3) is 0 Å². The van der Waals surface area contributed by atoms with Crippen molar-refractivity contribution in [3.05, 3.63) is 39.7 Å². The highest BCUT2D eigenvalue weighted by molar-refractivity contribution is 7.17. The van der Waals surface area contributed by atoms with Crippen LogP contribution < -0.4 is 5.32 Å². The quantitative estimate of drug-likeness (QED) is 0.339. The predicted molar refractivity (Wildman–Crippen MR) is 139 cm³/mol. The number of hydrogen-bond acceptors (Lipinski definition) is 7. The Bertz CT molecular complexity index is 1060. The maximum absolute atomic E-state index is 12.8. The number of piperidine rings is 1. The Morgan fingerprint density at radius 3 is 2.22 bits per heavy atom. The number of amides is 1. The number of likely N-dealkylation sites (tertiary alicyclic amines) is 1. The number of nitrogens with one attached hydrogen (secondary N) is 1. The van der Waals surface area contributed by atoms with Crippen LogP contribution in [0.3, 0.4) is 0 Å². The number of carboxylic acids is 2. The van der Waals surface area contributed by atoms with Gasteiger partial charge in [0.2, 0.25) is 5.91 Å². The maximum atomic E-state index is 12.8. The number of carboxylic acid groups (broad SMARTS) is 2. The minimum Gasteiger partial charge on any atom is -0.473 e. The van der Waals surface area contributed by atoms with E-state index in [0.717, 1.165) is 41.6 Å². The molecule has 0 atom stereocenters. The van der Waals surface area contributed by atoms with Crippen LogP contribution >= 0.6 is 22.9 Å². The largest absolute Gasteiger partial charge is 0.473 e. The fourth-order valence-electron chi connectivity index (χ4n) is 3.73. The summed E-state index contributed by atoms with van der Waals surface area (Å²) in [6.07, 6.45) is 2.77. The summed E-state index contributed by atoms with van der Waals surface area (Å²) in [5.74, 6) is -3.39. The van der Waals surface area contributed by atoms with Crippen LogP contribution in [0.2, 0.25) is 5.02 Å². The molecule has 0 aliphatic carbocycles. The average molecular weight is 539 g/mol. The molecule has 0 spiro atoms. The van der Waals surface area contributed by atoms with Gasteiger partial charge in [-0.1, -0.05) is 30.7 Å². The number of ether oxygens (including phenoxy) is 1. The molecule has 1 fully saturated rings. The van der Waals surface area contributed by atoms with Gasteiger partial charge in [0, 0.05) is 28.4 Å². The molecule has 3 rings (SSSR count). The van der Waals surface area contributed by atoms with E-state index in [1.165, 1.54) is 24.2 Å². The van der Waals surface area contributed by atoms with E-state index in [4.69, 9.17) is 36.1 Å². The number of nitrogens with zero attached hydrogens (tertiary/aromatic N) is 1. The zero-order valence-electron chi connectivity index (χ0n) is 20.5.